The summed E-state index contributed by atoms with van der Waals surface area (Å²) in [7, 11) is 1.64. The molecule has 0 heterocycles. The number of alkyl halides is 3. The van der Waals surface area contributed by atoms with Gasteiger partial charge >= 0.3 is 6.18 Å². The van der Waals surface area contributed by atoms with E-state index in [0.29, 0.717) is 6.04 Å². The van der Waals surface area contributed by atoms with Gasteiger partial charge in [0, 0.05) is 19.1 Å². The molecule has 21 heavy (non-hydrogen) atoms. The summed E-state index contributed by atoms with van der Waals surface area (Å²) < 4.78 is 40.3. The van der Waals surface area contributed by atoms with E-state index in [4.69, 9.17) is 0 Å². The summed E-state index contributed by atoms with van der Waals surface area (Å²) in [5.74, 6) is -0.385. The quantitative estimate of drug-likeness (QED) is 0.785. The number of nitrogens with one attached hydrogen (secondary N) is 1. The van der Waals surface area contributed by atoms with Gasteiger partial charge in [-0.15, -0.1) is 0 Å². The van der Waals surface area contributed by atoms with Gasteiger partial charge in [-0.1, -0.05) is 6.92 Å². The van der Waals surface area contributed by atoms with Crippen molar-refractivity contribution in [1.29, 1.82) is 0 Å². The molecule has 1 N–H and O–H groups in total. The fourth-order valence-corrected chi connectivity index (χ4v) is 2.58. The Labute approximate surface area is 124 Å². The molecule has 0 radical (unpaired) electrons. The van der Waals surface area contributed by atoms with Crippen molar-refractivity contribution in [3.63, 3.8) is 0 Å². The number of hydrogen-bond acceptors (Lipinski definition) is 3. The highest BCUT2D eigenvalue weighted by atomic mass is 19.4. The summed E-state index contributed by atoms with van der Waals surface area (Å²) in [6, 6.07) is 0.595. The van der Waals surface area contributed by atoms with Gasteiger partial charge in [-0.05, 0) is 38.6 Å². The van der Waals surface area contributed by atoms with E-state index >= 15 is 0 Å². The van der Waals surface area contributed by atoms with Crippen molar-refractivity contribution in [1.82, 2.24) is 10.2 Å². The maximum Gasteiger partial charge on any atom is 0.411 e. The SMILES string of the molecule is CCCNC1CCC(N(C)C(=O)COCC(F)(F)F)CC1. The first-order valence-electron chi connectivity index (χ1n) is 7.47. The number of rotatable bonds is 7. The molecule has 1 aliphatic carbocycles. The minimum absolute atomic E-state index is 0.103. The molecule has 1 amide bonds. The highest BCUT2D eigenvalue weighted by molar-refractivity contribution is 5.77. The number of carbonyl (C=O) groups is 1. The van der Waals surface area contributed by atoms with Gasteiger partial charge in [0.1, 0.15) is 13.2 Å². The summed E-state index contributed by atoms with van der Waals surface area (Å²) in [4.78, 5) is 13.3. The van der Waals surface area contributed by atoms with Crippen LogP contribution in [0.4, 0.5) is 13.2 Å². The molecule has 0 aromatic heterocycles. The fourth-order valence-electron chi connectivity index (χ4n) is 2.58. The number of likely N-dealkylation sites (N-methyl/N-ethyl adjacent to an activating group) is 1. The second-order valence-corrected chi connectivity index (χ2v) is 5.57. The highest BCUT2D eigenvalue weighted by Gasteiger charge is 2.29. The van der Waals surface area contributed by atoms with E-state index in [0.717, 1.165) is 38.6 Å². The van der Waals surface area contributed by atoms with E-state index in [2.05, 4.69) is 17.0 Å². The lowest BCUT2D eigenvalue weighted by molar-refractivity contribution is -0.178. The Morgan fingerprint density at radius 2 is 1.90 bits per heavy atom. The zero-order valence-corrected chi connectivity index (χ0v) is 12.7. The normalized spacial score (nSPS) is 23.1. The minimum Gasteiger partial charge on any atom is -0.362 e. The Hall–Kier alpha value is -0.820. The zero-order chi connectivity index (χ0) is 15.9. The first-order chi connectivity index (χ1) is 9.83. The number of hydrogen-bond donors (Lipinski definition) is 1. The van der Waals surface area contributed by atoms with Crippen LogP contribution < -0.4 is 5.32 Å². The Morgan fingerprint density at radius 3 is 2.43 bits per heavy atom. The van der Waals surface area contributed by atoms with Crippen molar-refractivity contribution in [2.45, 2.75) is 57.3 Å². The molecule has 0 aromatic rings. The van der Waals surface area contributed by atoms with Gasteiger partial charge in [-0.3, -0.25) is 4.79 Å². The Balaban J connectivity index is 2.26. The number of carbonyl (C=O) groups excluding carboxylic acids is 1. The van der Waals surface area contributed by atoms with Crippen LogP contribution in [0.2, 0.25) is 0 Å². The molecule has 0 aliphatic heterocycles. The third kappa shape index (κ3) is 7.13. The van der Waals surface area contributed by atoms with E-state index in [1.54, 1.807) is 7.05 Å². The summed E-state index contributed by atoms with van der Waals surface area (Å²) in [6.45, 7) is 1.23. The molecule has 0 aromatic carbocycles. The van der Waals surface area contributed by atoms with Crippen molar-refractivity contribution in [3.05, 3.63) is 0 Å². The van der Waals surface area contributed by atoms with Gasteiger partial charge < -0.3 is 15.0 Å². The Kier molecular flexibility index (Phi) is 7.45. The highest BCUT2D eigenvalue weighted by Crippen LogP contribution is 2.22. The van der Waals surface area contributed by atoms with Crippen LogP contribution in [0.5, 0.6) is 0 Å². The molecule has 1 aliphatic rings. The van der Waals surface area contributed by atoms with E-state index < -0.39 is 19.4 Å². The smallest absolute Gasteiger partial charge is 0.362 e. The second-order valence-electron chi connectivity index (χ2n) is 5.57. The third-order valence-corrected chi connectivity index (χ3v) is 3.81. The van der Waals surface area contributed by atoms with Gasteiger partial charge in [0.05, 0.1) is 0 Å². The Bertz CT molecular complexity index is 316. The molecule has 1 rings (SSSR count). The standard InChI is InChI=1S/C14H25F3N2O2/c1-3-8-18-11-4-6-12(7-5-11)19(2)13(20)9-21-10-14(15,16)17/h11-12,18H,3-10H2,1-2H3. The molecule has 0 unspecified atom stereocenters. The van der Waals surface area contributed by atoms with Crippen molar-refractivity contribution < 1.29 is 22.7 Å². The molecule has 4 nitrogen and oxygen atoms in total. The van der Waals surface area contributed by atoms with Crippen molar-refractivity contribution in [2.75, 3.05) is 26.8 Å². The number of nitrogens with zero attached hydrogens (tertiary/aromatic N) is 1. The van der Waals surface area contributed by atoms with E-state index in [9.17, 15) is 18.0 Å². The first-order valence-corrected chi connectivity index (χ1v) is 7.47. The van der Waals surface area contributed by atoms with Crippen LogP contribution >= 0.6 is 0 Å². The number of ether oxygens (including phenoxy) is 1. The van der Waals surface area contributed by atoms with Gasteiger partial charge in [-0.25, -0.2) is 0 Å². The van der Waals surface area contributed by atoms with Crippen LogP contribution in [0.3, 0.4) is 0 Å². The summed E-state index contributed by atoms with van der Waals surface area (Å²) >= 11 is 0. The molecule has 7 heteroatoms. The molecular weight excluding hydrogens is 285 g/mol. The molecule has 1 fully saturated rings. The molecule has 1 saturated carbocycles. The van der Waals surface area contributed by atoms with Gasteiger partial charge in [0.25, 0.3) is 0 Å². The van der Waals surface area contributed by atoms with E-state index in [1.165, 1.54) is 4.90 Å². The van der Waals surface area contributed by atoms with Gasteiger partial charge in [-0.2, -0.15) is 13.2 Å². The number of halogens is 3. The lowest BCUT2D eigenvalue weighted by atomic mass is 9.90. The van der Waals surface area contributed by atoms with Crippen LogP contribution in [0.1, 0.15) is 39.0 Å². The Morgan fingerprint density at radius 1 is 1.29 bits per heavy atom. The first kappa shape index (κ1) is 18.2. The van der Waals surface area contributed by atoms with Crippen LogP contribution in [0, 0.1) is 0 Å². The summed E-state index contributed by atoms with van der Waals surface area (Å²) in [5, 5.41) is 3.46. The second kappa shape index (κ2) is 8.58. The monoisotopic (exact) mass is 310 g/mol. The number of amides is 1. The molecule has 0 atom stereocenters. The average Bonchev–Trinajstić information content (AvgIpc) is 2.43. The zero-order valence-electron chi connectivity index (χ0n) is 12.7. The van der Waals surface area contributed by atoms with Crippen LogP contribution in [0.15, 0.2) is 0 Å². The topological polar surface area (TPSA) is 41.6 Å². The lowest BCUT2D eigenvalue weighted by Crippen LogP contribution is -2.44. The largest absolute Gasteiger partial charge is 0.411 e. The van der Waals surface area contributed by atoms with Gasteiger partial charge in [0.2, 0.25) is 5.91 Å². The van der Waals surface area contributed by atoms with Crippen LogP contribution in [-0.2, 0) is 9.53 Å². The predicted octanol–water partition coefficient (Wildman–Crippen LogP) is 2.33. The van der Waals surface area contributed by atoms with Gasteiger partial charge in [0.15, 0.2) is 0 Å². The van der Waals surface area contributed by atoms with Crippen molar-refractivity contribution in [2.24, 2.45) is 0 Å². The molecule has 0 spiro atoms. The predicted molar refractivity (Wildman–Crippen MR) is 74.0 cm³/mol. The van der Waals surface area contributed by atoms with E-state index in [1.807, 2.05) is 0 Å². The van der Waals surface area contributed by atoms with Crippen LogP contribution in [0.25, 0.3) is 0 Å². The summed E-state index contributed by atoms with van der Waals surface area (Å²) in [5.41, 5.74) is 0. The fraction of sp³-hybridized carbons (Fsp3) is 0.929. The van der Waals surface area contributed by atoms with Crippen molar-refractivity contribution in [3.8, 4) is 0 Å². The lowest BCUT2D eigenvalue weighted by Gasteiger charge is -2.35. The van der Waals surface area contributed by atoms with Crippen molar-refractivity contribution >= 4 is 5.91 Å². The third-order valence-electron chi connectivity index (χ3n) is 3.81. The molecular formula is C14H25F3N2O2. The molecule has 124 valence electrons. The minimum atomic E-state index is -4.39. The van der Waals surface area contributed by atoms with Crippen LogP contribution in [-0.4, -0.2) is 55.9 Å². The maximum absolute atomic E-state index is 11.9. The summed E-state index contributed by atoms with van der Waals surface area (Å²) in [6.07, 6.45) is 0.444. The molecule has 0 bridgehead atoms. The maximum atomic E-state index is 11.9. The van der Waals surface area contributed by atoms with E-state index in [-0.39, 0.29) is 11.9 Å². The molecule has 0 saturated heterocycles. The average molecular weight is 310 g/mol.